The van der Waals surface area contributed by atoms with Gasteiger partial charge in [0.15, 0.2) is 0 Å². The predicted molar refractivity (Wildman–Crippen MR) is 63.1 cm³/mol. The minimum atomic E-state index is 0.0749. The van der Waals surface area contributed by atoms with Gasteiger partial charge in [-0.2, -0.15) is 0 Å². The van der Waals surface area contributed by atoms with Crippen LogP contribution in [0.2, 0.25) is 0 Å². The first kappa shape index (κ1) is 13.2. The van der Waals surface area contributed by atoms with E-state index in [2.05, 4.69) is 4.90 Å². The van der Waals surface area contributed by atoms with Crippen LogP contribution in [-0.4, -0.2) is 54.2 Å². The lowest BCUT2D eigenvalue weighted by Crippen LogP contribution is -2.46. The first-order chi connectivity index (χ1) is 7.41. The smallest absolute Gasteiger partial charge is 0.236 e. The molecule has 0 aliphatic carbocycles. The highest BCUT2D eigenvalue weighted by atomic mass is 16.2. The van der Waals surface area contributed by atoms with Gasteiger partial charge in [-0.3, -0.25) is 14.5 Å². The maximum Gasteiger partial charge on any atom is 0.236 e. The minimum Gasteiger partial charge on any atom is -0.342 e. The molecule has 0 aromatic rings. The summed E-state index contributed by atoms with van der Waals surface area (Å²) in [6, 6.07) is 0.233. The van der Waals surface area contributed by atoms with Gasteiger partial charge in [-0.05, 0) is 13.8 Å². The van der Waals surface area contributed by atoms with Gasteiger partial charge in [0, 0.05) is 38.5 Å². The monoisotopic (exact) mass is 226 g/mol. The van der Waals surface area contributed by atoms with Crippen LogP contribution in [0.4, 0.5) is 0 Å². The number of carbonyl (C=O) groups is 2. The third kappa shape index (κ3) is 3.30. The summed E-state index contributed by atoms with van der Waals surface area (Å²) in [6.07, 6.45) is 0.583. The Bertz CT molecular complexity index is 276. The number of hydrogen-bond donors (Lipinski definition) is 0. The summed E-state index contributed by atoms with van der Waals surface area (Å²) in [4.78, 5) is 27.0. The Balaban J connectivity index is 2.43. The van der Waals surface area contributed by atoms with Crippen molar-refractivity contribution >= 4 is 11.7 Å². The molecule has 1 rings (SSSR count). The number of amides is 1. The molecular weight excluding hydrogens is 204 g/mol. The Morgan fingerprint density at radius 1 is 1.56 bits per heavy atom. The van der Waals surface area contributed by atoms with Crippen LogP contribution in [0.25, 0.3) is 0 Å². The number of ketones is 1. The molecule has 0 N–H and O–H groups in total. The van der Waals surface area contributed by atoms with E-state index in [-0.39, 0.29) is 17.9 Å². The SMILES string of the molecule is CC1CN(CC(=O)N(C)C(C)C)CCC1=O. The minimum absolute atomic E-state index is 0.0749. The van der Waals surface area contributed by atoms with Crippen molar-refractivity contribution in [1.29, 1.82) is 0 Å². The Morgan fingerprint density at radius 2 is 2.19 bits per heavy atom. The van der Waals surface area contributed by atoms with Crippen molar-refractivity contribution in [2.75, 3.05) is 26.7 Å². The highest BCUT2D eigenvalue weighted by Crippen LogP contribution is 2.12. The van der Waals surface area contributed by atoms with E-state index in [9.17, 15) is 9.59 Å². The Kier molecular flexibility index (Phi) is 4.47. The fraction of sp³-hybridized carbons (Fsp3) is 0.833. The summed E-state index contributed by atoms with van der Waals surface area (Å²) in [5.74, 6) is 0.531. The molecule has 92 valence electrons. The van der Waals surface area contributed by atoms with E-state index in [0.717, 1.165) is 13.1 Å². The number of hydrogen-bond acceptors (Lipinski definition) is 3. The third-order valence-electron chi connectivity index (χ3n) is 3.28. The van der Waals surface area contributed by atoms with Gasteiger partial charge in [0.2, 0.25) is 5.91 Å². The lowest BCUT2D eigenvalue weighted by Gasteiger charge is -2.31. The standard InChI is InChI=1S/C12H22N2O2/c1-9(2)13(4)12(16)8-14-6-5-11(15)10(3)7-14/h9-10H,5-8H2,1-4H3. The zero-order valence-electron chi connectivity index (χ0n) is 10.7. The van der Waals surface area contributed by atoms with Crippen molar-refractivity contribution in [3.63, 3.8) is 0 Å². The van der Waals surface area contributed by atoms with E-state index in [1.165, 1.54) is 0 Å². The van der Waals surface area contributed by atoms with Gasteiger partial charge in [-0.25, -0.2) is 0 Å². The number of carbonyl (C=O) groups excluding carboxylic acids is 2. The maximum atomic E-state index is 11.8. The van der Waals surface area contributed by atoms with Crippen LogP contribution in [0.1, 0.15) is 27.2 Å². The average molecular weight is 226 g/mol. The highest BCUT2D eigenvalue weighted by molar-refractivity contribution is 5.82. The van der Waals surface area contributed by atoms with Crippen LogP contribution in [0.15, 0.2) is 0 Å². The lowest BCUT2D eigenvalue weighted by molar-refractivity contribution is -0.135. The number of piperidine rings is 1. The van der Waals surface area contributed by atoms with Gasteiger partial charge >= 0.3 is 0 Å². The zero-order valence-corrected chi connectivity index (χ0v) is 10.7. The van der Waals surface area contributed by atoms with E-state index in [1.54, 1.807) is 4.90 Å². The van der Waals surface area contributed by atoms with Crippen molar-refractivity contribution in [3.05, 3.63) is 0 Å². The fourth-order valence-electron chi connectivity index (χ4n) is 1.83. The number of nitrogens with zero attached hydrogens (tertiary/aromatic N) is 2. The van der Waals surface area contributed by atoms with E-state index >= 15 is 0 Å². The van der Waals surface area contributed by atoms with Gasteiger partial charge in [0.1, 0.15) is 5.78 Å². The molecule has 4 heteroatoms. The molecule has 1 atom stereocenters. The first-order valence-corrected chi connectivity index (χ1v) is 5.92. The summed E-state index contributed by atoms with van der Waals surface area (Å²) in [5.41, 5.74) is 0. The highest BCUT2D eigenvalue weighted by Gasteiger charge is 2.25. The van der Waals surface area contributed by atoms with E-state index in [0.29, 0.717) is 18.7 Å². The number of likely N-dealkylation sites (tertiary alicyclic amines) is 1. The second-order valence-corrected chi connectivity index (χ2v) is 4.95. The van der Waals surface area contributed by atoms with Crippen LogP contribution in [-0.2, 0) is 9.59 Å². The molecule has 1 heterocycles. The molecule has 1 aliphatic heterocycles. The quantitative estimate of drug-likeness (QED) is 0.713. The van der Waals surface area contributed by atoms with E-state index in [1.807, 2.05) is 27.8 Å². The molecule has 1 fully saturated rings. The van der Waals surface area contributed by atoms with Crippen LogP contribution >= 0.6 is 0 Å². The molecule has 0 saturated carbocycles. The molecule has 4 nitrogen and oxygen atoms in total. The van der Waals surface area contributed by atoms with Crippen molar-refractivity contribution in [1.82, 2.24) is 9.80 Å². The first-order valence-electron chi connectivity index (χ1n) is 5.92. The Labute approximate surface area is 97.6 Å². The molecule has 16 heavy (non-hydrogen) atoms. The van der Waals surface area contributed by atoms with Crippen molar-refractivity contribution < 1.29 is 9.59 Å². The van der Waals surface area contributed by atoms with Gasteiger partial charge in [0.25, 0.3) is 0 Å². The Morgan fingerprint density at radius 3 is 2.69 bits per heavy atom. The van der Waals surface area contributed by atoms with Gasteiger partial charge in [-0.1, -0.05) is 6.92 Å². The number of likely N-dealkylation sites (N-methyl/N-ethyl adjacent to an activating group) is 1. The van der Waals surface area contributed by atoms with E-state index < -0.39 is 0 Å². The van der Waals surface area contributed by atoms with Crippen molar-refractivity contribution in [2.24, 2.45) is 5.92 Å². The number of Topliss-reactive ketones (excluding diaryl/α,β-unsaturated/α-hetero) is 1. The Hall–Kier alpha value is -0.900. The summed E-state index contributed by atoms with van der Waals surface area (Å²) >= 11 is 0. The molecule has 0 aromatic carbocycles. The van der Waals surface area contributed by atoms with Gasteiger partial charge in [0.05, 0.1) is 6.54 Å². The maximum absolute atomic E-state index is 11.8. The second kappa shape index (κ2) is 5.43. The van der Waals surface area contributed by atoms with Gasteiger partial charge < -0.3 is 4.90 Å². The third-order valence-corrected chi connectivity index (χ3v) is 3.28. The molecule has 1 amide bonds. The van der Waals surface area contributed by atoms with Crippen LogP contribution in [0.3, 0.4) is 0 Å². The molecule has 1 unspecified atom stereocenters. The van der Waals surface area contributed by atoms with E-state index in [4.69, 9.17) is 0 Å². The molecular formula is C12H22N2O2. The van der Waals surface area contributed by atoms with Gasteiger partial charge in [-0.15, -0.1) is 0 Å². The normalized spacial score (nSPS) is 22.6. The fourth-order valence-corrected chi connectivity index (χ4v) is 1.83. The summed E-state index contributed by atoms with van der Waals surface area (Å²) in [7, 11) is 1.82. The summed E-state index contributed by atoms with van der Waals surface area (Å²) < 4.78 is 0. The number of rotatable bonds is 3. The largest absolute Gasteiger partial charge is 0.342 e. The van der Waals surface area contributed by atoms with Crippen LogP contribution in [0.5, 0.6) is 0 Å². The molecule has 1 aliphatic rings. The predicted octanol–water partition coefficient (Wildman–Crippen LogP) is 0.764. The summed E-state index contributed by atoms with van der Waals surface area (Å²) in [6.45, 7) is 7.81. The molecule has 0 aromatic heterocycles. The van der Waals surface area contributed by atoms with Crippen molar-refractivity contribution in [2.45, 2.75) is 33.2 Å². The molecule has 1 saturated heterocycles. The van der Waals surface area contributed by atoms with Crippen molar-refractivity contribution in [3.8, 4) is 0 Å². The second-order valence-electron chi connectivity index (χ2n) is 4.95. The zero-order chi connectivity index (χ0) is 12.3. The molecule has 0 radical (unpaired) electrons. The topological polar surface area (TPSA) is 40.6 Å². The lowest BCUT2D eigenvalue weighted by atomic mass is 9.99. The summed E-state index contributed by atoms with van der Waals surface area (Å²) in [5, 5.41) is 0. The van der Waals surface area contributed by atoms with Crippen LogP contribution in [0, 0.1) is 5.92 Å². The average Bonchev–Trinajstić information content (AvgIpc) is 2.22. The molecule has 0 bridgehead atoms. The molecule has 0 spiro atoms. The van der Waals surface area contributed by atoms with Crippen LogP contribution < -0.4 is 0 Å².